The van der Waals surface area contributed by atoms with E-state index in [0.717, 1.165) is 5.56 Å². The summed E-state index contributed by atoms with van der Waals surface area (Å²) in [5, 5.41) is 16.2. The van der Waals surface area contributed by atoms with E-state index < -0.39 is 18.0 Å². The molecule has 2 aromatic rings. The summed E-state index contributed by atoms with van der Waals surface area (Å²) < 4.78 is 5.02. The van der Waals surface area contributed by atoms with E-state index in [1.165, 1.54) is 0 Å². The van der Waals surface area contributed by atoms with E-state index in [1.807, 2.05) is 6.07 Å². The first-order chi connectivity index (χ1) is 11.1. The number of carbonyl (C=O) groups excluding carboxylic acids is 2. The highest BCUT2D eigenvalue weighted by molar-refractivity contribution is 5.92. The van der Waals surface area contributed by atoms with Crippen LogP contribution in [0.5, 0.6) is 5.75 Å². The van der Waals surface area contributed by atoms with Gasteiger partial charge in [0.1, 0.15) is 5.75 Å². The number of benzene rings is 2. The Morgan fingerprint density at radius 2 is 1.74 bits per heavy atom. The van der Waals surface area contributed by atoms with Crippen molar-refractivity contribution in [2.45, 2.75) is 12.5 Å². The first-order valence-electron chi connectivity index (χ1n) is 7.05. The fourth-order valence-corrected chi connectivity index (χ4v) is 2.04. The number of aliphatic carboxylic acids is 1. The summed E-state index contributed by atoms with van der Waals surface area (Å²) in [7, 11) is 1.54. The van der Waals surface area contributed by atoms with Crippen molar-refractivity contribution >= 4 is 17.7 Å². The Morgan fingerprint density at radius 3 is 2.30 bits per heavy atom. The smallest absolute Gasteiger partial charge is 0.319 e. The average Bonchev–Trinajstić information content (AvgIpc) is 2.56. The molecule has 0 aromatic heterocycles. The SMILES string of the molecule is COc1ccc(NC(=O)N[C@@H](Cc2ccccc2)C(=O)[O-])cc1. The van der Waals surface area contributed by atoms with Gasteiger partial charge in [0, 0.05) is 5.69 Å². The molecule has 6 nitrogen and oxygen atoms in total. The van der Waals surface area contributed by atoms with Gasteiger partial charge in [0.05, 0.1) is 19.1 Å². The minimum absolute atomic E-state index is 0.152. The van der Waals surface area contributed by atoms with Crippen molar-refractivity contribution in [3.63, 3.8) is 0 Å². The lowest BCUT2D eigenvalue weighted by atomic mass is 10.1. The molecule has 0 unspecified atom stereocenters. The van der Waals surface area contributed by atoms with Crippen LogP contribution in [0, 0.1) is 0 Å². The predicted octanol–water partition coefficient (Wildman–Crippen LogP) is 1.18. The molecule has 0 fully saturated rings. The lowest BCUT2D eigenvalue weighted by Crippen LogP contribution is -2.50. The van der Waals surface area contributed by atoms with Gasteiger partial charge in [0.2, 0.25) is 0 Å². The fourth-order valence-electron chi connectivity index (χ4n) is 2.04. The second kappa shape index (κ2) is 7.84. The quantitative estimate of drug-likeness (QED) is 0.838. The zero-order valence-corrected chi connectivity index (χ0v) is 12.6. The molecule has 1 atom stereocenters. The van der Waals surface area contributed by atoms with Crippen molar-refractivity contribution in [2.75, 3.05) is 12.4 Å². The summed E-state index contributed by atoms with van der Waals surface area (Å²) in [5.74, 6) is -0.675. The van der Waals surface area contributed by atoms with Crippen LogP contribution in [0.2, 0.25) is 0 Å². The van der Waals surface area contributed by atoms with Gasteiger partial charge in [-0.05, 0) is 36.2 Å². The van der Waals surface area contributed by atoms with Gasteiger partial charge in [-0.25, -0.2) is 4.79 Å². The third kappa shape index (κ3) is 5.03. The predicted molar refractivity (Wildman–Crippen MR) is 84.1 cm³/mol. The molecular formula is C17H17N2O4-. The third-order valence-electron chi connectivity index (χ3n) is 3.22. The van der Waals surface area contributed by atoms with Gasteiger partial charge < -0.3 is 25.3 Å². The molecule has 2 aromatic carbocycles. The maximum absolute atomic E-state index is 11.9. The van der Waals surface area contributed by atoms with E-state index in [4.69, 9.17) is 4.74 Å². The Bertz CT molecular complexity index is 656. The number of rotatable bonds is 6. The number of anilines is 1. The normalized spacial score (nSPS) is 11.3. The van der Waals surface area contributed by atoms with Gasteiger partial charge in [0.25, 0.3) is 0 Å². The number of hydrogen-bond donors (Lipinski definition) is 2. The number of nitrogens with one attached hydrogen (secondary N) is 2. The minimum Gasteiger partial charge on any atom is -0.548 e. The van der Waals surface area contributed by atoms with Crippen molar-refractivity contribution in [1.29, 1.82) is 0 Å². The lowest BCUT2D eigenvalue weighted by Gasteiger charge is -2.20. The number of carboxylic acid groups (broad SMARTS) is 1. The summed E-state index contributed by atoms with van der Waals surface area (Å²) in [6, 6.07) is 14.0. The highest BCUT2D eigenvalue weighted by Gasteiger charge is 2.14. The first-order valence-corrected chi connectivity index (χ1v) is 7.05. The number of amides is 2. The molecule has 6 heteroatoms. The van der Waals surface area contributed by atoms with Crippen LogP contribution in [-0.4, -0.2) is 25.2 Å². The molecule has 0 aliphatic carbocycles. The molecule has 0 saturated heterocycles. The van der Waals surface area contributed by atoms with Gasteiger partial charge in [-0.3, -0.25) is 0 Å². The molecular weight excluding hydrogens is 296 g/mol. The molecule has 0 spiro atoms. The van der Waals surface area contributed by atoms with Crippen LogP contribution in [-0.2, 0) is 11.2 Å². The van der Waals surface area contributed by atoms with E-state index in [1.54, 1.807) is 55.6 Å². The Hall–Kier alpha value is -3.02. The number of carbonyl (C=O) groups is 2. The number of ether oxygens (including phenoxy) is 1. The molecule has 2 N–H and O–H groups in total. The average molecular weight is 313 g/mol. The highest BCUT2D eigenvalue weighted by atomic mass is 16.5. The summed E-state index contributed by atoms with van der Waals surface area (Å²) >= 11 is 0. The van der Waals surface area contributed by atoms with Crippen molar-refractivity contribution in [3.05, 3.63) is 60.2 Å². The van der Waals surface area contributed by atoms with Gasteiger partial charge >= 0.3 is 6.03 Å². The van der Waals surface area contributed by atoms with Crippen molar-refractivity contribution in [2.24, 2.45) is 0 Å². The van der Waals surface area contributed by atoms with Crippen LogP contribution in [0.25, 0.3) is 0 Å². The summed E-state index contributed by atoms with van der Waals surface area (Å²) in [4.78, 5) is 23.1. The second-order valence-electron chi connectivity index (χ2n) is 4.89. The van der Waals surface area contributed by atoms with E-state index in [2.05, 4.69) is 10.6 Å². The van der Waals surface area contributed by atoms with E-state index in [0.29, 0.717) is 11.4 Å². The molecule has 2 rings (SSSR count). The van der Waals surface area contributed by atoms with E-state index >= 15 is 0 Å². The van der Waals surface area contributed by atoms with E-state index in [9.17, 15) is 14.7 Å². The molecule has 0 radical (unpaired) electrons. The molecule has 0 saturated carbocycles. The standard InChI is InChI=1S/C17H18N2O4/c1-23-14-9-7-13(8-10-14)18-17(22)19-15(16(20)21)11-12-5-3-2-4-6-12/h2-10,15H,11H2,1H3,(H,20,21)(H2,18,19,22)/p-1/t15-/m0/s1. The van der Waals surface area contributed by atoms with Gasteiger partial charge in [-0.15, -0.1) is 0 Å². The summed E-state index contributed by atoms with van der Waals surface area (Å²) in [6.07, 6.45) is 0.152. The maximum Gasteiger partial charge on any atom is 0.319 e. The molecule has 0 heterocycles. The van der Waals surface area contributed by atoms with Gasteiger partial charge in [0.15, 0.2) is 0 Å². The molecule has 0 aliphatic rings. The highest BCUT2D eigenvalue weighted by Crippen LogP contribution is 2.14. The van der Waals surface area contributed by atoms with Gasteiger partial charge in [-0.2, -0.15) is 0 Å². The summed E-state index contributed by atoms with van der Waals surface area (Å²) in [6.45, 7) is 0. The molecule has 2 amide bonds. The largest absolute Gasteiger partial charge is 0.548 e. The molecule has 0 bridgehead atoms. The topological polar surface area (TPSA) is 90.5 Å². The number of carboxylic acids is 1. The Labute approximate surface area is 134 Å². The van der Waals surface area contributed by atoms with Crippen LogP contribution >= 0.6 is 0 Å². The Morgan fingerprint density at radius 1 is 1.09 bits per heavy atom. The lowest BCUT2D eigenvalue weighted by molar-refractivity contribution is -0.308. The first kappa shape index (κ1) is 16.4. The third-order valence-corrected chi connectivity index (χ3v) is 3.22. The number of hydrogen-bond acceptors (Lipinski definition) is 4. The zero-order chi connectivity index (χ0) is 16.7. The van der Waals surface area contributed by atoms with Crippen LogP contribution in [0.4, 0.5) is 10.5 Å². The minimum atomic E-state index is -1.33. The van der Waals surface area contributed by atoms with Crippen molar-refractivity contribution in [1.82, 2.24) is 5.32 Å². The van der Waals surface area contributed by atoms with Gasteiger partial charge in [-0.1, -0.05) is 30.3 Å². The van der Waals surface area contributed by atoms with Crippen LogP contribution < -0.4 is 20.5 Å². The monoisotopic (exact) mass is 313 g/mol. The van der Waals surface area contributed by atoms with E-state index in [-0.39, 0.29) is 6.42 Å². The number of urea groups is 1. The molecule has 120 valence electrons. The van der Waals surface area contributed by atoms with Crippen LogP contribution in [0.1, 0.15) is 5.56 Å². The summed E-state index contributed by atoms with van der Waals surface area (Å²) in [5.41, 5.74) is 1.33. The Kier molecular flexibility index (Phi) is 5.57. The fraction of sp³-hybridized carbons (Fsp3) is 0.176. The van der Waals surface area contributed by atoms with Crippen LogP contribution in [0.15, 0.2) is 54.6 Å². The van der Waals surface area contributed by atoms with Crippen molar-refractivity contribution in [3.8, 4) is 5.75 Å². The Balaban J connectivity index is 1.96. The zero-order valence-electron chi connectivity index (χ0n) is 12.6. The van der Waals surface area contributed by atoms with Crippen molar-refractivity contribution < 1.29 is 19.4 Å². The molecule has 0 aliphatic heterocycles. The second-order valence-corrected chi connectivity index (χ2v) is 4.89. The number of methoxy groups -OCH3 is 1. The maximum atomic E-state index is 11.9. The molecule has 23 heavy (non-hydrogen) atoms. The van der Waals surface area contributed by atoms with Crippen LogP contribution in [0.3, 0.4) is 0 Å².